The Morgan fingerprint density at radius 1 is 1.73 bits per heavy atom. The maximum absolute atomic E-state index is 10.3. The molecule has 0 aromatic heterocycles. The summed E-state index contributed by atoms with van der Waals surface area (Å²) >= 11 is 0. The zero-order valence-corrected chi connectivity index (χ0v) is 6.75. The van der Waals surface area contributed by atoms with Crippen LogP contribution >= 0.6 is 0 Å². The fourth-order valence-electron chi connectivity index (χ4n) is 0.995. The predicted molar refractivity (Wildman–Crippen MR) is 40.4 cm³/mol. The molecule has 11 heavy (non-hydrogen) atoms. The fraction of sp³-hybridized carbons (Fsp3) is 0.875. The summed E-state index contributed by atoms with van der Waals surface area (Å²) in [5.41, 5.74) is 0. The van der Waals surface area contributed by atoms with Crippen LogP contribution in [-0.2, 0) is 9.53 Å². The molecule has 0 bridgehead atoms. The van der Waals surface area contributed by atoms with E-state index in [1.54, 1.807) is 0 Å². The Morgan fingerprint density at radius 3 is 2.91 bits per heavy atom. The quantitative estimate of drug-likeness (QED) is 0.613. The largest absolute Gasteiger partial charge is 0.481 e. The van der Waals surface area contributed by atoms with E-state index in [1.807, 2.05) is 0 Å². The molecule has 1 aliphatic carbocycles. The molecule has 1 saturated carbocycles. The van der Waals surface area contributed by atoms with E-state index in [1.165, 1.54) is 0 Å². The van der Waals surface area contributed by atoms with Gasteiger partial charge in [0.25, 0.3) is 0 Å². The van der Waals surface area contributed by atoms with Gasteiger partial charge in [0, 0.05) is 6.61 Å². The maximum atomic E-state index is 10.3. The van der Waals surface area contributed by atoms with Crippen molar-refractivity contribution in [3.05, 3.63) is 0 Å². The second-order valence-corrected chi connectivity index (χ2v) is 2.94. The minimum absolute atomic E-state index is 0.0130. The molecule has 0 heterocycles. The van der Waals surface area contributed by atoms with Crippen LogP contribution in [0, 0.1) is 5.92 Å². The summed E-state index contributed by atoms with van der Waals surface area (Å²) in [5, 5.41) is 8.50. The Hall–Kier alpha value is -0.570. The lowest BCUT2D eigenvalue weighted by atomic mass is 10.4. The van der Waals surface area contributed by atoms with Gasteiger partial charge < -0.3 is 9.84 Å². The highest BCUT2D eigenvalue weighted by atomic mass is 16.5. The van der Waals surface area contributed by atoms with Crippen LogP contribution in [0.25, 0.3) is 0 Å². The van der Waals surface area contributed by atoms with E-state index in [0.29, 0.717) is 13.0 Å². The smallest absolute Gasteiger partial charge is 0.309 e. The van der Waals surface area contributed by atoms with Gasteiger partial charge in [-0.3, -0.25) is 4.79 Å². The first-order valence-corrected chi connectivity index (χ1v) is 4.10. The Balaban J connectivity index is 2.00. The van der Waals surface area contributed by atoms with Gasteiger partial charge in [0.15, 0.2) is 0 Å². The third kappa shape index (κ3) is 2.50. The number of aliphatic carboxylic acids is 1. The summed E-state index contributed by atoms with van der Waals surface area (Å²) in [7, 11) is 0. The summed E-state index contributed by atoms with van der Waals surface area (Å²) in [6.07, 6.45) is 2.85. The Morgan fingerprint density at radius 2 is 2.45 bits per heavy atom. The maximum Gasteiger partial charge on any atom is 0.309 e. The van der Waals surface area contributed by atoms with E-state index in [0.717, 1.165) is 12.8 Å². The normalized spacial score (nSPS) is 28.5. The highest BCUT2D eigenvalue weighted by Gasteiger charge is 2.44. The van der Waals surface area contributed by atoms with Gasteiger partial charge in [-0.05, 0) is 12.8 Å². The molecule has 3 nitrogen and oxygen atoms in total. The van der Waals surface area contributed by atoms with Crippen molar-refractivity contribution in [2.45, 2.75) is 32.3 Å². The van der Waals surface area contributed by atoms with Gasteiger partial charge in [-0.1, -0.05) is 13.3 Å². The van der Waals surface area contributed by atoms with E-state index in [-0.39, 0.29) is 12.0 Å². The molecule has 3 heteroatoms. The molecule has 1 aliphatic rings. The summed E-state index contributed by atoms with van der Waals surface area (Å²) < 4.78 is 5.29. The second-order valence-electron chi connectivity index (χ2n) is 2.94. The van der Waals surface area contributed by atoms with E-state index in [4.69, 9.17) is 9.84 Å². The van der Waals surface area contributed by atoms with Crippen LogP contribution in [0.4, 0.5) is 0 Å². The third-order valence-corrected chi connectivity index (χ3v) is 1.88. The first-order valence-electron chi connectivity index (χ1n) is 4.10. The van der Waals surface area contributed by atoms with Crippen molar-refractivity contribution in [1.82, 2.24) is 0 Å². The summed E-state index contributed by atoms with van der Waals surface area (Å²) in [4.78, 5) is 10.3. The molecule has 0 unspecified atom stereocenters. The van der Waals surface area contributed by atoms with Crippen molar-refractivity contribution in [2.75, 3.05) is 6.61 Å². The van der Waals surface area contributed by atoms with E-state index >= 15 is 0 Å². The number of carboxylic acid groups (broad SMARTS) is 1. The lowest BCUT2D eigenvalue weighted by molar-refractivity contribution is -0.139. The molecule has 0 radical (unpaired) electrons. The average molecular weight is 158 g/mol. The first-order chi connectivity index (χ1) is 5.25. The summed E-state index contributed by atoms with van der Waals surface area (Å²) in [6, 6.07) is 0. The molecule has 0 aromatic rings. The molecule has 1 N–H and O–H groups in total. The monoisotopic (exact) mass is 158 g/mol. The van der Waals surface area contributed by atoms with Crippen LogP contribution in [0.2, 0.25) is 0 Å². The molecule has 0 aliphatic heterocycles. The molecule has 0 spiro atoms. The summed E-state index contributed by atoms with van der Waals surface area (Å²) in [5.74, 6) is -0.932. The number of hydrogen-bond acceptors (Lipinski definition) is 2. The van der Waals surface area contributed by atoms with E-state index in [2.05, 4.69) is 6.92 Å². The molecule has 1 rings (SSSR count). The molecular weight excluding hydrogens is 144 g/mol. The predicted octanol–water partition coefficient (Wildman–Crippen LogP) is 1.28. The molecule has 0 saturated heterocycles. The number of ether oxygens (including phenoxy) is 1. The Labute approximate surface area is 66.4 Å². The topological polar surface area (TPSA) is 46.5 Å². The van der Waals surface area contributed by atoms with Crippen molar-refractivity contribution < 1.29 is 14.6 Å². The fourth-order valence-corrected chi connectivity index (χ4v) is 0.995. The number of carboxylic acids is 1. The van der Waals surface area contributed by atoms with Crippen LogP contribution in [0.15, 0.2) is 0 Å². The van der Waals surface area contributed by atoms with Gasteiger partial charge in [-0.15, -0.1) is 0 Å². The summed E-state index contributed by atoms with van der Waals surface area (Å²) in [6.45, 7) is 2.80. The van der Waals surface area contributed by atoms with Gasteiger partial charge in [0.1, 0.15) is 0 Å². The van der Waals surface area contributed by atoms with Gasteiger partial charge in [0.05, 0.1) is 12.0 Å². The van der Waals surface area contributed by atoms with Crippen molar-refractivity contribution in [3.8, 4) is 0 Å². The number of hydrogen-bond donors (Lipinski definition) is 1. The van der Waals surface area contributed by atoms with Crippen LogP contribution < -0.4 is 0 Å². The SMILES string of the molecule is CCCCO[C@@H]1C[C@@H]1C(=O)O. The molecule has 64 valence electrons. The van der Waals surface area contributed by atoms with Crippen LogP contribution in [0.5, 0.6) is 0 Å². The van der Waals surface area contributed by atoms with Crippen molar-refractivity contribution in [2.24, 2.45) is 5.92 Å². The van der Waals surface area contributed by atoms with Crippen LogP contribution in [0.1, 0.15) is 26.2 Å². The zero-order chi connectivity index (χ0) is 8.27. The molecular formula is C8H14O3. The van der Waals surface area contributed by atoms with Crippen molar-refractivity contribution in [3.63, 3.8) is 0 Å². The Kier molecular flexibility index (Phi) is 2.88. The number of rotatable bonds is 5. The third-order valence-electron chi connectivity index (χ3n) is 1.88. The number of unbranched alkanes of at least 4 members (excludes halogenated alkanes) is 1. The highest BCUT2D eigenvalue weighted by molar-refractivity contribution is 5.74. The molecule has 2 atom stereocenters. The second kappa shape index (κ2) is 3.72. The molecule has 1 fully saturated rings. The zero-order valence-electron chi connectivity index (χ0n) is 6.75. The van der Waals surface area contributed by atoms with Gasteiger partial charge in [-0.2, -0.15) is 0 Å². The standard InChI is InChI=1S/C8H14O3/c1-2-3-4-11-7-5-6(7)8(9)10/h6-7H,2-5H2,1H3,(H,9,10)/t6-,7+/m0/s1. The van der Waals surface area contributed by atoms with Crippen molar-refractivity contribution in [1.29, 1.82) is 0 Å². The lowest BCUT2D eigenvalue weighted by Crippen LogP contribution is -2.05. The average Bonchev–Trinajstić information content (AvgIpc) is 2.68. The first kappa shape index (κ1) is 8.53. The van der Waals surface area contributed by atoms with Crippen LogP contribution in [0.3, 0.4) is 0 Å². The van der Waals surface area contributed by atoms with Gasteiger partial charge >= 0.3 is 5.97 Å². The molecule has 0 aromatic carbocycles. The van der Waals surface area contributed by atoms with E-state index < -0.39 is 5.97 Å². The number of carbonyl (C=O) groups is 1. The Bertz CT molecular complexity index is 144. The van der Waals surface area contributed by atoms with Gasteiger partial charge in [0.2, 0.25) is 0 Å². The van der Waals surface area contributed by atoms with Crippen molar-refractivity contribution >= 4 is 5.97 Å². The van der Waals surface area contributed by atoms with E-state index in [9.17, 15) is 4.79 Å². The highest BCUT2D eigenvalue weighted by Crippen LogP contribution is 2.33. The lowest BCUT2D eigenvalue weighted by Gasteiger charge is -1.99. The molecule has 0 amide bonds. The van der Waals surface area contributed by atoms with Gasteiger partial charge in [-0.25, -0.2) is 0 Å². The van der Waals surface area contributed by atoms with Crippen LogP contribution in [-0.4, -0.2) is 23.8 Å². The minimum atomic E-state index is -0.716. The minimum Gasteiger partial charge on any atom is -0.481 e.